The minimum atomic E-state index is -0.589. The molecule has 0 atom stereocenters. The Labute approximate surface area is 166 Å². The Kier molecular flexibility index (Phi) is 5.76. The first-order chi connectivity index (χ1) is 14.2. The van der Waals surface area contributed by atoms with Crippen LogP contribution in [0.5, 0.6) is 5.88 Å². The molecule has 0 spiro atoms. The van der Waals surface area contributed by atoms with E-state index in [9.17, 15) is 9.18 Å². The van der Waals surface area contributed by atoms with Crippen LogP contribution >= 0.6 is 0 Å². The minimum absolute atomic E-state index is 0.0711. The van der Waals surface area contributed by atoms with Crippen LogP contribution in [0.3, 0.4) is 0 Å². The maximum Gasteiger partial charge on any atom is 0.414 e. The number of rotatable bonds is 6. The standard InChI is InChI=1S/C20H21FN4O4/c21-15-3-5-16(6-4-15)25-11-9-24(10-12-25)8-7-22-20(26)28-19-14-18(29-23-19)17-2-1-13-27-17/h1-6,13-14H,7-12H2,(H,22,26). The zero-order valence-corrected chi connectivity index (χ0v) is 15.7. The van der Waals surface area contributed by atoms with Crippen molar-refractivity contribution in [1.82, 2.24) is 15.4 Å². The van der Waals surface area contributed by atoms with Crippen LogP contribution in [-0.4, -0.2) is 55.4 Å². The van der Waals surface area contributed by atoms with E-state index >= 15 is 0 Å². The fourth-order valence-corrected chi connectivity index (χ4v) is 3.17. The second kappa shape index (κ2) is 8.78. The lowest BCUT2D eigenvalue weighted by atomic mass is 10.2. The molecule has 152 valence electrons. The van der Waals surface area contributed by atoms with Crippen molar-refractivity contribution in [3.8, 4) is 17.4 Å². The summed E-state index contributed by atoms with van der Waals surface area (Å²) in [6, 6.07) is 11.5. The van der Waals surface area contributed by atoms with Crippen LogP contribution < -0.4 is 15.0 Å². The summed E-state index contributed by atoms with van der Waals surface area (Å²) >= 11 is 0. The highest BCUT2D eigenvalue weighted by atomic mass is 19.1. The van der Waals surface area contributed by atoms with Gasteiger partial charge in [-0.2, -0.15) is 0 Å². The Hall–Kier alpha value is -3.33. The lowest BCUT2D eigenvalue weighted by molar-refractivity contribution is 0.191. The number of hydrogen-bond donors (Lipinski definition) is 1. The van der Waals surface area contributed by atoms with Crippen LogP contribution in [0, 0.1) is 5.82 Å². The maximum atomic E-state index is 13.0. The number of nitrogens with zero attached hydrogens (tertiary/aromatic N) is 3. The van der Waals surface area contributed by atoms with Gasteiger partial charge in [0.15, 0.2) is 5.76 Å². The third-order valence-electron chi connectivity index (χ3n) is 4.71. The van der Waals surface area contributed by atoms with Gasteiger partial charge in [0, 0.05) is 45.0 Å². The van der Waals surface area contributed by atoms with Crippen molar-refractivity contribution in [3.05, 3.63) is 54.5 Å². The molecule has 4 rings (SSSR count). The number of furan rings is 1. The number of carbonyl (C=O) groups excluding carboxylic acids is 1. The monoisotopic (exact) mass is 400 g/mol. The molecule has 0 aliphatic carbocycles. The quantitative estimate of drug-likeness (QED) is 0.681. The molecule has 0 unspecified atom stereocenters. The van der Waals surface area contributed by atoms with Crippen molar-refractivity contribution in [2.24, 2.45) is 0 Å². The van der Waals surface area contributed by atoms with Gasteiger partial charge in [-0.15, -0.1) is 0 Å². The van der Waals surface area contributed by atoms with E-state index in [0.29, 0.717) is 24.6 Å². The van der Waals surface area contributed by atoms with Crippen molar-refractivity contribution in [3.63, 3.8) is 0 Å². The predicted octanol–water partition coefficient (Wildman–Crippen LogP) is 2.98. The summed E-state index contributed by atoms with van der Waals surface area (Å²) < 4.78 is 28.4. The molecule has 1 amide bonds. The van der Waals surface area contributed by atoms with Crippen molar-refractivity contribution in [1.29, 1.82) is 0 Å². The Bertz CT molecular complexity index is 918. The molecule has 3 heterocycles. The highest BCUT2D eigenvalue weighted by Gasteiger charge is 2.18. The molecule has 9 heteroatoms. The Morgan fingerprint density at radius 2 is 1.93 bits per heavy atom. The molecule has 0 saturated carbocycles. The summed E-state index contributed by atoms with van der Waals surface area (Å²) in [6.45, 7) is 4.60. The maximum absolute atomic E-state index is 13.0. The number of carbonyl (C=O) groups is 1. The molecule has 8 nitrogen and oxygen atoms in total. The number of benzene rings is 1. The predicted molar refractivity (Wildman–Crippen MR) is 103 cm³/mol. The van der Waals surface area contributed by atoms with Gasteiger partial charge in [-0.3, -0.25) is 4.90 Å². The molecular formula is C20H21FN4O4. The van der Waals surface area contributed by atoms with E-state index in [-0.39, 0.29) is 11.7 Å². The molecular weight excluding hydrogens is 379 g/mol. The normalized spacial score (nSPS) is 14.7. The first-order valence-electron chi connectivity index (χ1n) is 9.36. The molecule has 0 bridgehead atoms. The number of aromatic nitrogens is 1. The fraction of sp³-hybridized carbons (Fsp3) is 0.300. The Morgan fingerprint density at radius 1 is 1.14 bits per heavy atom. The molecule has 1 fully saturated rings. The van der Waals surface area contributed by atoms with Gasteiger partial charge in [0.05, 0.1) is 12.3 Å². The summed E-state index contributed by atoms with van der Waals surface area (Å²) in [5.74, 6) is 0.735. The molecule has 1 saturated heterocycles. The van der Waals surface area contributed by atoms with Crippen LogP contribution in [0.2, 0.25) is 0 Å². The van der Waals surface area contributed by atoms with Gasteiger partial charge in [0.2, 0.25) is 5.76 Å². The third kappa shape index (κ3) is 4.94. The number of nitrogens with one attached hydrogen (secondary N) is 1. The van der Waals surface area contributed by atoms with Gasteiger partial charge in [-0.05, 0) is 41.6 Å². The van der Waals surface area contributed by atoms with Gasteiger partial charge in [-0.1, -0.05) is 0 Å². The lowest BCUT2D eigenvalue weighted by Crippen LogP contribution is -2.48. The topological polar surface area (TPSA) is 84.0 Å². The number of amides is 1. The number of hydrogen-bond acceptors (Lipinski definition) is 7. The average Bonchev–Trinajstić information content (AvgIpc) is 3.41. The molecule has 1 aliphatic rings. The molecule has 29 heavy (non-hydrogen) atoms. The summed E-state index contributed by atoms with van der Waals surface area (Å²) in [6.07, 6.45) is 0.930. The summed E-state index contributed by atoms with van der Waals surface area (Å²) in [5, 5.41) is 6.40. The van der Waals surface area contributed by atoms with Gasteiger partial charge in [0.1, 0.15) is 5.82 Å². The van der Waals surface area contributed by atoms with E-state index in [1.54, 1.807) is 24.3 Å². The number of ether oxygens (including phenoxy) is 1. The minimum Gasteiger partial charge on any atom is -0.461 e. The van der Waals surface area contributed by atoms with Crippen molar-refractivity contribution in [2.75, 3.05) is 44.2 Å². The first-order valence-corrected chi connectivity index (χ1v) is 9.36. The van der Waals surface area contributed by atoms with Crippen LogP contribution in [0.25, 0.3) is 11.5 Å². The van der Waals surface area contributed by atoms with E-state index in [2.05, 4.69) is 20.3 Å². The summed E-state index contributed by atoms with van der Waals surface area (Å²) in [7, 11) is 0. The average molecular weight is 400 g/mol. The largest absolute Gasteiger partial charge is 0.461 e. The number of piperazine rings is 1. The number of halogens is 1. The van der Waals surface area contributed by atoms with E-state index in [0.717, 1.165) is 31.9 Å². The van der Waals surface area contributed by atoms with Crippen LogP contribution in [0.4, 0.5) is 14.9 Å². The van der Waals surface area contributed by atoms with E-state index in [4.69, 9.17) is 13.7 Å². The zero-order valence-electron chi connectivity index (χ0n) is 15.7. The van der Waals surface area contributed by atoms with E-state index in [1.807, 2.05) is 0 Å². The first kappa shape index (κ1) is 19.0. The highest BCUT2D eigenvalue weighted by Crippen LogP contribution is 2.23. The van der Waals surface area contributed by atoms with E-state index in [1.165, 1.54) is 24.5 Å². The molecule has 1 aromatic carbocycles. The van der Waals surface area contributed by atoms with Gasteiger partial charge in [0.25, 0.3) is 5.88 Å². The van der Waals surface area contributed by atoms with Crippen LogP contribution in [0.1, 0.15) is 0 Å². The molecule has 1 N–H and O–H groups in total. The van der Waals surface area contributed by atoms with Crippen LogP contribution in [-0.2, 0) is 0 Å². The van der Waals surface area contributed by atoms with Crippen LogP contribution in [0.15, 0.2) is 57.7 Å². The second-order valence-electron chi connectivity index (χ2n) is 6.63. The van der Waals surface area contributed by atoms with Crippen molar-refractivity contribution >= 4 is 11.8 Å². The fourth-order valence-electron chi connectivity index (χ4n) is 3.17. The SMILES string of the molecule is O=C(NCCN1CCN(c2ccc(F)cc2)CC1)Oc1cc(-c2ccco2)on1. The highest BCUT2D eigenvalue weighted by molar-refractivity contribution is 5.70. The lowest BCUT2D eigenvalue weighted by Gasteiger charge is -2.36. The molecule has 0 radical (unpaired) electrons. The van der Waals surface area contributed by atoms with Gasteiger partial charge >= 0.3 is 6.09 Å². The van der Waals surface area contributed by atoms with Crippen molar-refractivity contribution < 1.29 is 22.9 Å². The van der Waals surface area contributed by atoms with E-state index < -0.39 is 6.09 Å². The molecule has 2 aromatic heterocycles. The van der Waals surface area contributed by atoms with Crippen molar-refractivity contribution in [2.45, 2.75) is 0 Å². The summed E-state index contributed by atoms with van der Waals surface area (Å²) in [5.41, 5.74) is 1.02. The second-order valence-corrected chi connectivity index (χ2v) is 6.63. The number of anilines is 1. The molecule has 3 aromatic rings. The summed E-state index contributed by atoms with van der Waals surface area (Å²) in [4.78, 5) is 16.4. The molecule has 1 aliphatic heterocycles. The smallest absolute Gasteiger partial charge is 0.414 e. The van der Waals surface area contributed by atoms with Gasteiger partial charge < -0.3 is 23.9 Å². The van der Waals surface area contributed by atoms with Gasteiger partial charge in [-0.25, -0.2) is 9.18 Å². The Morgan fingerprint density at radius 3 is 2.66 bits per heavy atom. The third-order valence-corrected chi connectivity index (χ3v) is 4.71. The Balaban J connectivity index is 1.16. The zero-order chi connectivity index (χ0) is 20.1.